The summed E-state index contributed by atoms with van der Waals surface area (Å²) in [5, 5.41) is 4.41. The molecule has 0 aliphatic carbocycles. The molecule has 0 saturated carbocycles. The molecule has 1 aliphatic rings. The Balaban J connectivity index is 0.000000123. The zero-order valence-electron chi connectivity index (χ0n) is 47.5. The highest BCUT2D eigenvalue weighted by atomic mass is 79.9. The zero-order chi connectivity index (χ0) is 58.1. The predicted octanol–water partition coefficient (Wildman–Crippen LogP) is 17.1. The van der Waals surface area contributed by atoms with Gasteiger partial charge < -0.3 is 18.1 Å². The third kappa shape index (κ3) is 10.1. The van der Waals surface area contributed by atoms with Crippen LogP contribution >= 0.6 is 15.9 Å². The Labute approximate surface area is 511 Å². The number of rotatable bonds is 6. The summed E-state index contributed by atoms with van der Waals surface area (Å²) < 4.78 is 21.7. The molecule has 1 saturated heterocycles. The van der Waals surface area contributed by atoms with Crippen LogP contribution in [0.2, 0.25) is 0 Å². The molecule has 1 fully saturated rings. The fraction of sp³-hybridized carbons (Fsp3) is 0.0959. The van der Waals surface area contributed by atoms with Crippen molar-refractivity contribution in [2.24, 2.45) is 0 Å². The molecule has 0 radical (unpaired) electrons. The standard InChI is InChI=1S/C33H21N5.C26H24BN3O2.C13H9BrN2.CH4/c1-2-8-27-26(7-1)31(36-33-32(27)35-30-10-4-6-20-38(30)33)25-17-13-23(14-18-25)22-11-15-24(16-12-22)28-21-37-19-5-3-9-29(37)34-28;1-25(2)26(3,4)32-27(31-25)18-14-12-17(13-15-18)22-19-9-5-6-10-20(19)23-24(29-22)30-16-8-7-11-21(30)28-23;14-11-6-4-10(5-7-11)12-9-16-8-2-1-3-13(16)15-12;/h1-21H;5-16H,1-4H3;1-9H;1H4. The molecule has 12 nitrogen and oxygen atoms in total. The minimum absolute atomic E-state index is 0. The molecule has 16 aromatic rings. The lowest BCUT2D eigenvalue weighted by Gasteiger charge is -2.32. The molecular formula is C73H58BBrN10O2. The van der Waals surface area contributed by atoms with Crippen LogP contribution in [0.1, 0.15) is 35.1 Å². The van der Waals surface area contributed by atoms with Crippen LogP contribution in [0, 0.1) is 0 Å². The summed E-state index contributed by atoms with van der Waals surface area (Å²) in [6, 6.07) is 74.6. The topological polar surface area (TPSA) is 113 Å². The Kier molecular flexibility index (Phi) is 13.9. The summed E-state index contributed by atoms with van der Waals surface area (Å²) in [5.41, 5.74) is 18.2. The molecule has 17 rings (SSSR count). The second kappa shape index (κ2) is 22.1. The maximum Gasteiger partial charge on any atom is 0.494 e. The first-order valence-corrected chi connectivity index (χ1v) is 29.4. The van der Waals surface area contributed by atoms with Gasteiger partial charge in [0, 0.05) is 85.5 Å². The van der Waals surface area contributed by atoms with E-state index in [-0.39, 0.29) is 25.7 Å². The Bertz CT molecular complexity index is 5130. The highest BCUT2D eigenvalue weighted by Gasteiger charge is 2.51. The van der Waals surface area contributed by atoms with Crippen molar-refractivity contribution >= 4 is 95.0 Å². The summed E-state index contributed by atoms with van der Waals surface area (Å²) in [4.78, 5) is 29.2. The number of benzene rings is 6. The van der Waals surface area contributed by atoms with Crippen LogP contribution in [0.5, 0.6) is 0 Å². The molecule has 1 aliphatic heterocycles. The van der Waals surface area contributed by atoms with Crippen LogP contribution in [-0.2, 0) is 9.31 Å². The number of halogens is 1. The molecule has 0 unspecified atom stereocenters. The van der Waals surface area contributed by atoms with Crippen molar-refractivity contribution in [3.05, 3.63) is 260 Å². The molecule has 6 aromatic carbocycles. The van der Waals surface area contributed by atoms with Crippen molar-refractivity contribution in [3.63, 3.8) is 0 Å². The quantitative estimate of drug-likeness (QED) is 0.151. The first kappa shape index (κ1) is 54.8. The fourth-order valence-corrected chi connectivity index (χ4v) is 11.6. The Morgan fingerprint density at radius 3 is 1.15 bits per heavy atom. The zero-order valence-corrected chi connectivity index (χ0v) is 49.1. The number of aromatic nitrogens is 10. The molecule has 14 heteroatoms. The van der Waals surface area contributed by atoms with Gasteiger partial charge in [-0.1, -0.05) is 181 Å². The van der Waals surface area contributed by atoms with Gasteiger partial charge in [-0.05, 0) is 105 Å². The van der Waals surface area contributed by atoms with Gasteiger partial charge in [-0.3, -0.25) is 8.80 Å². The van der Waals surface area contributed by atoms with E-state index in [0.29, 0.717) is 0 Å². The van der Waals surface area contributed by atoms with Crippen molar-refractivity contribution < 1.29 is 9.31 Å². The van der Waals surface area contributed by atoms with E-state index in [9.17, 15) is 0 Å². The molecular weight excluding hydrogens is 1140 g/mol. The van der Waals surface area contributed by atoms with E-state index in [2.05, 4.69) is 187 Å². The molecule has 0 amide bonds. The van der Waals surface area contributed by atoms with Gasteiger partial charge in [-0.2, -0.15) is 0 Å². The minimum Gasteiger partial charge on any atom is -0.399 e. The normalized spacial score (nSPS) is 13.6. The Morgan fingerprint density at radius 2 is 0.713 bits per heavy atom. The average molecular weight is 1200 g/mol. The number of hydrogen-bond acceptors (Lipinski definition) is 8. The van der Waals surface area contributed by atoms with Gasteiger partial charge in [0.05, 0.1) is 34.0 Å². The average Bonchev–Trinajstić information content (AvgIpc) is 2.68. The van der Waals surface area contributed by atoms with Gasteiger partial charge in [0.1, 0.15) is 33.6 Å². The van der Waals surface area contributed by atoms with Crippen molar-refractivity contribution in [3.8, 4) is 56.2 Å². The van der Waals surface area contributed by atoms with Crippen LogP contribution in [0.25, 0.3) is 123 Å². The Hall–Kier alpha value is -10.1. The third-order valence-electron chi connectivity index (χ3n) is 16.6. The van der Waals surface area contributed by atoms with Crippen molar-refractivity contribution in [2.45, 2.75) is 46.3 Å². The predicted molar refractivity (Wildman–Crippen MR) is 357 cm³/mol. The van der Waals surface area contributed by atoms with Gasteiger partial charge in [0.2, 0.25) is 0 Å². The number of imidazole rings is 4. The van der Waals surface area contributed by atoms with E-state index in [1.54, 1.807) is 0 Å². The fourth-order valence-electron chi connectivity index (χ4n) is 11.3. The van der Waals surface area contributed by atoms with Crippen molar-refractivity contribution in [1.29, 1.82) is 0 Å². The summed E-state index contributed by atoms with van der Waals surface area (Å²) in [6.45, 7) is 8.29. The second-order valence-electron chi connectivity index (χ2n) is 22.5. The first-order chi connectivity index (χ1) is 42.0. The number of hydrogen-bond donors (Lipinski definition) is 0. The SMILES string of the molecule is Brc1ccc(-c2cn3ccccc3n2)cc1.C.CC1(C)OB(c2ccc(-c3nc4c(nc5ccccn54)c4ccccc34)cc2)OC1(C)C.c1ccc2c(c1)c(-c1ccc(-c3ccc(-c4cn5ccccc5n4)cc3)cc1)nc1c2nc2ccccn21. The van der Waals surface area contributed by atoms with E-state index in [1.807, 2.05) is 135 Å². The van der Waals surface area contributed by atoms with E-state index in [0.717, 1.165) is 127 Å². The first-order valence-electron chi connectivity index (χ1n) is 28.6. The van der Waals surface area contributed by atoms with Gasteiger partial charge in [-0.25, -0.2) is 29.9 Å². The number of nitrogens with zero attached hydrogens (tertiary/aromatic N) is 10. The summed E-state index contributed by atoms with van der Waals surface area (Å²) in [5.74, 6) is 0. The smallest absolute Gasteiger partial charge is 0.399 e. The molecule has 11 heterocycles. The van der Waals surface area contributed by atoms with Gasteiger partial charge in [-0.15, -0.1) is 0 Å². The highest BCUT2D eigenvalue weighted by Crippen LogP contribution is 2.38. The second-order valence-corrected chi connectivity index (χ2v) is 23.4. The highest BCUT2D eigenvalue weighted by molar-refractivity contribution is 9.10. The summed E-state index contributed by atoms with van der Waals surface area (Å²) in [7, 11) is -0.375. The lowest BCUT2D eigenvalue weighted by Crippen LogP contribution is -2.41. The monoisotopic (exact) mass is 1200 g/mol. The van der Waals surface area contributed by atoms with Crippen LogP contribution in [-0.4, -0.2) is 65.8 Å². The molecule has 0 N–H and O–H groups in total. The van der Waals surface area contributed by atoms with Crippen LogP contribution in [0.3, 0.4) is 0 Å². The van der Waals surface area contributed by atoms with Crippen LogP contribution in [0.4, 0.5) is 0 Å². The lowest BCUT2D eigenvalue weighted by atomic mass is 9.78. The maximum atomic E-state index is 6.21. The van der Waals surface area contributed by atoms with Crippen LogP contribution in [0.15, 0.2) is 260 Å². The van der Waals surface area contributed by atoms with E-state index < -0.39 is 0 Å². The van der Waals surface area contributed by atoms with Gasteiger partial charge in [0.25, 0.3) is 0 Å². The van der Waals surface area contributed by atoms with E-state index in [1.165, 1.54) is 5.56 Å². The molecule has 422 valence electrons. The van der Waals surface area contributed by atoms with Crippen LogP contribution < -0.4 is 5.46 Å². The van der Waals surface area contributed by atoms with Gasteiger partial charge in [0.15, 0.2) is 11.3 Å². The van der Waals surface area contributed by atoms with Gasteiger partial charge >= 0.3 is 7.12 Å². The van der Waals surface area contributed by atoms with Crippen molar-refractivity contribution in [2.75, 3.05) is 0 Å². The molecule has 0 bridgehead atoms. The number of fused-ring (bicyclic) bond motifs is 12. The molecule has 0 atom stereocenters. The lowest BCUT2D eigenvalue weighted by molar-refractivity contribution is 0.00578. The summed E-state index contributed by atoms with van der Waals surface area (Å²) >= 11 is 3.43. The van der Waals surface area contributed by atoms with E-state index in [4.69, 9.17) is 34.2 Å². The van der Waals surface area contributed by atoms with Crippen molar-refractivity contribution in [1.82, 2.24) is 47.5 Å². The summed E-state index contributed by atoms with van der Waals surface area (Å²) in [6.07, 6.45) is 12.2. The number of pyridine rings is 6. The Morgan fingerprint density at radius 1 is 0.356 bits per heavy atom. The largest absolute Gasteiger partial charge is 0.494 e. The van der Waals surface area contributed by atoms with E-state index >= 15 is 0 Å². The molecule has 0 spiro atoms. The third-order valence-corrected chi connectivity index (χ3v) is 17.1. The maximum absolute atomic E-state index is 6.21. The molecule has 87 heavy (non-hydrogen) atoms. The molecule has 10 aromatic heterocycles. The minimum atomic E-state index is -0.375.